The summed E-state index contributed by atoms with van der Waals surface area (Å²) in [5.41, 5.74) is 2.29. The van der Waals surface area contributed by atoms with Crippen molar-refractivity contribution in [3.8, 4) is 0 Å². The molecule has 0 spiro atoms. The van der Waals surface area contributed by atoms with Crippen molar-refractivity contribution >= 4 is 17.6 Å². The highest BCUT2D eigenvalue weighted by Gasteiger charge is 2.48. The summed E-state index contributed by atoms with van der Waals surface area (Å²) in [6, 6.07) is 0. The Hall–Kier alpha value is -1.85. The van der Waals surface area contributed by atoms with Crippen molar-refractivity contribution in [2.45, 2.75) is 20.3 Å². The van der Waals surface area contributed by atoms with E-state index in [9.17, 15) is 9.59 Å². The number of aryl methyl sites for hydroxylation is 2. The number of hydrogen-bond donors (Lipinski definition) is 2. The molecule has 0 saturated heterocycles. The number of hydrogen-bond acceptors (Lipinski definition) is 3. The summed E-state index contributed by atoms with van der Waals surface area (Å²) in [7, 11) is 1.80. The highest BCUT2D eigenvalue weighted by Crippen LogP contribution is 2.39. The molecule has 1 fully saturated rings. The number of carbonyl (C=O) groups excluding carboxylic acids is 1. The number of aliphatic carboxylic acids is 1. The Morgan fingerprint density at radius 3 is 2.47 bits per heavy atom. The molecule has 1 aliphatic carbocycles. The first-order chi connectivity index (χ1) is 7.91. The second-order valence-electron chi connectivity index (χ2n) is 4.45. The van der Waals surface area contributed by atoms with Gasteiger partial charge >= 0.3 is 5.97 Å². The standard InChI is InChI=1S/C11H15N3O3/c1-5-9(6(2)14(3)13-5)12-10(15)7-4-8(7)11(16)17/h7-8H,4H2,1-3H3,(H,12,15)(H,16,17). The monoisotopic (exact) mass is 237 g/mol. The van der Waals surface area contributed by atoms with E-state index in [2.05, 4.69) is 10.4 Å². The van der Waals surface area contributed by atoms with Crippen molar-refractivity contribution in [1.29, 1.82) is 0 Å². The largest absolute Gasteiger partial charge is 0.481 e. The summed E-state index contributed by atoms with van der Waals surface area (Å²) in [4.78, 5) is 22.5. The summed E-state index contributed by atoms with van der Waals surface area (Å²) in [5, 5.41) is 15.7. The summed E-state index contributed by atoms with van der Waals surface area (Å²) >= 11 is 0. The van der Waals surface area contributed by atoms with E-state index in [1.165, 1.54) is 0 Å². The number of nitrogens with one attached hydrogen (secondary N) is 1. The van der Waals surface area contributed by atoms with E-state index in [0.717, 1.165) is 11.4 Å². The van der Waals surface area contributed by atoms with Crippen LogP contribution in [0.15, 0.2) is 0 Å². The average Bonchev–Trinajstić information content (AvgIpc) is 2.99. The number of carboxylic acids is 1. The third-order valence-electron chi connectivity index (χ3n) is 3.20. The van der Waals surface area contributed by atoms with Gasteiger partial charge in [-0.3, -0.25) is 14.3 Å². The van der Waals surface area contributed by atoms with Crippen LogP contribution in [0.1, 0.15) is 17.8 Å². The number of carboxylic acid groups (broad SMARTS) is 1. The van der Waals surface area contributed by atoms with Gasteiger partial charge in [0.1, 0.15) is 0 Å². The predicted molar refractivity (Wildman–Crippen MR) is 60.5 cm³/mol. The van der Waals surface area contributed by atoms with Crippen molar-refractivity contribution in [2.24, 2.45) is 18.9 Å². The van der Waals surface area contributed by atoms with Gasteiger partial charge in [-0.15, -0.1) is 0 Å². The molecule has 1 aromatic heterocycles. The smallest absolute Gasteiger partial charge is 0.307 e. The van der Waals surface area contributed by atoms with Crippen LogP contribution in [0.25, 0.3) is 0 Å². The van der Waals surface area contributed by atoms with Crippen molar-refractivity contribution in [3.63, 3.8) is 0 Å². The van der Waals surface area contributed by atoms with E-state index in [-0.39, 0.29) is 5.91 Å². The summed E-state index contributed by atoms with van der Waals surface area (Å²) in [6.45, 7) is 3.67. The molecule has 1 aromatic rings. The first-order valence-electron chi connectivity index (χ1n) is 5.45. The molecule has 0 bridgehead atoms. The molecule has 2 N–H and O–H groups in total. The van der Waals surface area contributed by atoms with Gasteiger partial charge in [-0.25, -0.2) is 0 Å². The van der Waals surface area contributed by atoms with Crippen LogP contribution in [0.3, 0.4) is 0 Å². The molecule has 92 valence electrons. The average molecular weight is 237 g/mol. The Morgan fingerprint density at radius 1 is 1.41 bits per heavy atom. The lowest BCUT2D eigenvalue weighted by Gasteiger charge is -2.04. The molecule has 1 heterocycles. The predicted octanol–water partition coefficient (Wildman–Crippen LogP) is 0.696. The Morgan fingerprint density at radius 2 is 2.06 bits per heavy atom. The molecule has 2 atom stereocenters. The van der Waals surface area contributed by atoms with Crippen molar-refractivity contribution in [3.05, 3.63) is 11.4 Å². The van der Waals surface area contributed by atoms with E-state index in [1.54, 1.807) is 11.7 Å². The summed E-state index contributed by atoms with van der Waals surface area (Å²) in [6.07, 6.45) is 0.430. The molecule has 0 radical (unpaired) electrons. The molecule has 2 rings (SSSR count). The summed E-state index contributed by atoms with van der Waals surface area (Å²) < 4.78 is 1.69. The van der Waals surface area contributed by atoms with Crippen molar-refractivity contribution < 1.29 is 14.7 Å². The number of rotatable bonds is 3. The molecule has 2 unspecified atom stereocenters. The first kappa shape index (κ1) is 11.6. The zero-order chi connectivity index (χ0) is 12.7. The fraction of sp³-hybridized carbons (Fsp3) is 0.545. The van der Waals surface area contributed by atoms with Crippen LogP contribution in [0.4, 0.5) is 5.69 Å². The Labute approximate surface area is 98.6 Å². The quantitative estimate of drug-likeness (QED) is 0.810. The van der Waals surface area contributed by atoms with Crippen LogP contribution in [-0.2, 0) is 16.6 Å². The van der Waals surface area contributed by atoms with Gasteiger partial charge < -0.3 is 10.4 Å². The van der Waals surface area contributed by atoms with Gasteiger partial charge in [0.2, 0.25) is 5.91 Å². The minimum absolute atomic E-state index is 0.225. The van der Waals surface area contributed by atoms with Crippen molar-refractivity contribution in [2.75, 3.05) is 5.32 Å². The third kappa shape index (κ3) is 2.02. The fourth-order valence-corrected chi connectivity index (χ4v) is 1.93. The highest BCUT2D eigenvalue weighted by molar-refractivity contribution is 5.98. The van der Waals surface area contributed by atoms with Gasteiger partial charge in [0, 0.05) is 7.05 Å². The number of anilines is 1. The van der Waals surface area contributed by atoms with E-state index in [4.69, 9.17) is 5.11 Å². The second-order valence-corrected chi connectivity index (χ2v) is 4.45. The van der Waals surface area contributed by atoms with E-state index in [0.29, 0.717) is 12.1 Å². The normalized spacial score (nSPS) is 22.3. The van der Waals surface area contributed by atoms with Gasteiger partial charge in [0.15, 0.2) is 0 Å². The second kappa shape index (κ2) is 3.87. The molecule has 0 aliphatic heterocycles. The Balaban J connectivity index is 2.07. The number of carbonyl (C=O) groups is 2. The lowest BCUT2D eigenvalue weighted by Crippen LogP contribution is -2.17. The van der Waals surface area contributed by atoms with Crippen LogP contribution in [0.5, 0.6) is 0 Å². The molecule has 0 aromatic carbocycles. The maximum absolute atomic E-state index is 11.8. The lowest BCUT2D eigenvalue weighted by molar-refractivity contribution is -0.139. The van der Waals surface area contributed by atoms with Gasteiger partial charge in [0.05, 0.1) is 28.9 Å². The van der Waals surface area contributed by atoms with Gasteiger partial charge in [-0.05, 0) is 20.3 Å². The zero-order valence-corrected chi connectivity index (χ0v) is 10.0. The Bertz CT molecular complexity index is 492. The zero-order valence-electron chi connectivity index (χ0n) is 10.0. The molecule has 6 heteroatoms. The molecular formula is C11H15N3O3. The molecule has 1 amide bonds. The number of aromatic nitrogens is 2. The maximum Gasteiger partial charge on any atom is 0.307 e. The van der Waals surface area contributed by atoms with Crippen LogP contribution >= 0.6 is 0 Å². The molecule has 1 saturated carbocycles. The van der Waals surface area contributed by atoms with E-state index in [1.807, 2.05) is 13.8 Å². The Kier molecular flexibility index (Phi) is 2.65. The van der Waals surface area contributed by atoms with E-state index >= 15 is 0 Å². The van der Waals surface area contributed by atoms with Crippen LogP contribution in [0.2, 0.25) is 0 Å². The topological polar surface area (TPSA) is 84.2 Å². The highest BCUT2D eigenvalue weighted by atomic mass is 16.4. The van der Waals surface area contributed by atoms with Crippen LogP contribution in [-0.4, -0.2) is 26.8 Å². The molecule has 6 nitrogen and oxygen atoms in total. The van der Waals surface area contributed by atoms with Gasteiger partial charge in [-0.2, -0.15) is 5.10 Å². The fourth-order valence-electron chi connectivity index (χ4n) is 1.93. The summed E-state index contributed by atoms with van der Waals surface area (Å²) in [5.74, 6) is -2.04. The third-order valence-corrected chi connectivity index (χ3v) is 3.20. The van der Waals surface area contributed by atoms with Gasteiger partial charge in [-0.1, -0.05) is 0 Å². The SMILES string of the molecule is Cc1nn(C)c(C)c1NC(=O)C1CC1C(=O)O. The van der Waals surface area contributed by atoms with Crippen molar-refractivity contribution in [1.82, 2.24) is 9.78 Å². The number of amides is 1. The molecular weight excluding hydrogens is 222 g/mol. The maximum atomic E-state index is 11.8. The van der Waals surface area contributed by atoms with Crippen LogP contribution < -0.4 is 5.32 Å². The lowest BCUT2D eigenvalue weighted by atomic mass is 10.2. The number of nitrogens with zero attached hydrogens (tertiary/aromatic N) is 2. The van der Waals surface area contributed by atoms with Gasteiger partial charge in [0.25, 0.3) is 0 Å². The molecule has 17 heavy (non-hydrogen) atoms. The molecule has 1 aliphatic rings. The van der Waals surface area contributed by atoms with Crippen LogP contribution in [0, 0.1) is 25.7 Å². The first-order valence-corrected chi connectivity index (χ1v) is 5.45. The minimum atomic E-state index is -0.898. The van der Waals surface area contributed by atoms with E-state index < -0.39 is 17.8 Å². The minimum Gasteiger partial charge on any atom is -0.481 e.